The van der Waals surface area contributed by atoms with Gasteiger partial charge in [0.2, 0.25) is 5.91 Å². The number of ether oxygens (including phenoxy) is 1. The van der Waals surface area contributed by atoms with Gasteiger partial charge in [-0.1, -0.05) is 30.3 Å². The van der Waals surface area contributed by atoms with Crippen molar-refractivity contribution >= 4 is 23.5 Å². The molecule has 1 aromatic heterocycles. The van der Waals surface area contributed by atoms with E-state index in [1.165, 1.54) is 0 Å². The van der Waals surface area contributed by atoms with Crippen LogP contribution in [-0.2, 0) is 4.79 Å². The number of benzene rings is 2. The minimum atomic E-state index is -0.0322. The van der Waals surface area contributed by atoms with Crippen LogP contribution in [0, 0.1) is 13.8 Å². The highest BCUT2D eigenvalue weighted by molar-refractivity contribution is 8.00. The van der Waals surface area contributed by atoms with Gasteiger partial charge in [-0.2, -0.15) is 5.10 Å². The number of aromatic nitrogens is 2. The molecule has 3 aromatic rings. The number of amides is 1. The van der Waals surface area contributed by atoms with Gasteiger partial charge in [0.1, 0.15) is 11.6 Å². The minimum absolute atomic E-state index is 0.0172. The SMILES string of the molecule is CCOc1ccccc1C1SCC(=O)Nc2c1c(C)nn2-c1cccc(C)c1. The highest BCUT2D eigenvalue weighted by Crippen LogP contribution is 2.46. The van der Waals surface area contributed by atoms with Crippen LogP contribution < -0.4 is 10.1 Å². The summed E-state index contributed by atoms with van der Waals surface area (Å²) >= 11 is 1.61. The Kier molecular flexibility index (Phi) is 5.13. The first kappa shape index (κ1) is 18.6. The standard InChI is InChI=1S/C22H23N3O2S/c1-4-27-18-11-6-5-10-17(18)21-20-15(3)24-25(16-9-7-8-14(2)12-16)22(20)23-19(26)13-28-21/h5-12,21H,4,13H2,1-3H3,(H,23,26). The summed E-state index contributed by atoms with van der Waals surface area (Å²) in [6.45, 7) is 6.63. The van der Waals surface area contributed by atoms with E-state index in [0.29, 0.717) is 12.4 Å². The van der Waals surface area contributed by atoms with E-state index in [1.807, 2.05) is 61.9 Å². The van der Waals surface area contributed by atoms with Crippen molar-refractivity contribution < 1.29 is 9.53 Å². The summed E-state index contributed by atoms with van der Waals surface area (Å²) in [5, 5.41) is 7.83. The second-order valence-corrected chi connectivity index (χ2v) is 7.90. The van der Waals surface area contributed by atoms with Gasteiger partial charge in [-0.3, -0.25) is 4.79 Å². The summed E-state index contributed by atoms with van der Waals surface area (Å²) in [6.07, 6.45) is 0. The molecule has 1 atom stereocenters. The Labute approximate surface area is 169 Å². The number of hydrogen-bond donors (Lipinski definition) is 1. The number of carbonyl (C=O) groups is 1. The van der Waals surface area contributed by atoms with Gasteiger partial charge in [0.25, 0.3) is 0 Å². The molecule has 1 amide bonds. The average Bonchev–Trinajstić information content (AvgIpc) is 2.89. The van der Waals surface area contributed by atoms with Crippen molar-refractivity contribution in [1.82, 2.24) is 9.78 Å². The number of nitrogens with zero attached hydrogens (tertiary/aromatic N) is 2. The maximum absolute atomic E-state index is 12.5. The Morgan fingerprint density at radius 1 is 1.21 bits per heavy atom. The first-order chi connectivity index (χ1) is 13.6. The van der Waals surface area contributed by atoms with Gasteiger partial charge in [-0.05, 0) is 44.5 Å². The van der Waals surface area contributed by atoms with Crippen molar-refractivity contribution in [3.8, 4) is 11.4 Å². The van der Waals surface area contributed by atoms with Gasteiger partial charge >= 0.3 is 0 Å². The molecule has 1 unspecified atom stereocenters. The molecule has 0 radical (unpaired) electrons. The Morgan fingerprint density at radius 3 is 2.82 bits per heavy atom. The number of aryl methyl sites for hydroxylation is 2. The van der Waals surface area contributed by atoms with Crippen LogP contribution >= 0.6 is 11.8 Å². The van der Waals surface area contributed by atoms with Crippen LogP contribution in [0.15, 0.2) is 48.5 Å². The van der Waals surface area contributed by atoms with Crippen molar-refractivity contribution in [3.63, 3.8) is 0 Å². The third kappa shape index (κ3) is 3.40. The summed E-state index contributed by atoms with van der Waals surface area (Å²) in [4.78, 5) is 12.5. The number of nitrogens with one attached hydrogen (secondary N) is 1. The Morgan fingerprint density at radius 2 is 2.04 bits per heavy atom. The first-order valence-electron chi connectivity index (χ1n) is 9.38. The number of hydrogen-bond acceptors (Lipinski definition) is 4. The van der Waals surface area contributed by atoms with Gasteiger partial charge in [-0.15, -0.1) is 11.8 Å². The molecule has 144 valence electrons. The van der Waals surface area contributed by atoms with Crippen molar-refractivity contribution in [3.05, 3.63) is 70.9 Å². The highest BCUT2D eigenvalue weighted by Gasteiger charge is 2.32. The largest absolute Gasteiger partial charge is 0.494 e. The van der Waals surface area contributed by atoms with E-state index in [1.54, 1.807) is 11.8 Å². The maximum atomic E-state index is 12.5. The van der Waals surface area contributed by atoms with Crippen LogP contribution in [0.25, 0.3) is 5.69 Å². The summed E-state index contributed by atoms with van der Waals surface area (Å²) in [7, 11) is 0. The minimum Gasteiger partial charge on any atom is -0.494 e. The van der Waals surface area contributed by atoms with E-state index < -0.39 is 0 Å². The van der Waals surface area contributed by atoms with E-state index in [9.17, 15) is 4.79 Å². The monoisotopic (exact) mass is 393 g/mol. The van der Waals surface area contributed by atoms with Crippen LogP contribution in [0.1, 0.15) is 34.6 Å². The molecule has 0 bridgehead atoms. The summed E-state index contributed by atoms with van der Waals surface area (Å²) in [6, 6.07) is 16.2. The molecule has 0 aliphatic carbocycles. The molecule has 2 heterocycles. The Bertz CT molecular complexity index is 1030. The number of para-hydroxylation sites is 1. The first-order valence-corrected chi connectivity index (χ1v) is 10.4. The van der Waals surface area contributed by atoms with Crippen molar-refractivity contribution in [2.75, 3.05) is 17.7 Å². The number of fused-ring (bicyclic) bond motifs is 1. The van der Waals surface area contributed by atoms with E-state index in [0.717, 1.165) is 39.6 Å². The zero-order valence-electron chi connectivity index (χ0n) is 16.2. The van der Waals surface area contributed by atoms with Gasteiger partial charge in [0.15, 0.2) is 0 Å². The van der Waals surface area contributed by atoms with Crippen LogP contribution in [0.3, 0.4) is 0 Å². The fraction of sp³-hybridized carbons (Fsp3) is 0.273. The van der Waals surface area contributed by atoms with Crippen LogP contribution in [0.4, 0.5) is 5.82 Å². The predicted octanol–water partition coefficient (Wildman–Crippen LogP) is 4.66. The Balaban J connectivity index is 1.90. The van der Waals surface area contributed by atoms with E-state index in [-0.39, 0.29) is 11.2 Å². The lowest BCUT2D eigenvalue weighted by atomic mass is 10.0. The third-order valence-corrected chi connectivity index (χ3v) is 6.01. The van der Waals surface area contributed by atoms with Gasteiger partial charge in [-0.25, -0.2) is 4.68 Å². The fourth-order valence-corrected chi connectivity index (χ4v) is 4.77. The van der Waals surface area contributed by atoms with Gasteiger partial charge < -0.3 is 10.1 Å². The summed E-state index contributed by atoms with van der Waals surface area (Å²) in [5.74, 6) is 1.96. The normalized spacial score (nSPS) is 16.2. The number of thioether (sulfide) groups is 1. The third-order valence-electron chi connectivity index (χ3n) is 4.76. The molecule has 4 rings (SSSR count). The van der Waals surface area contributed by atoms with Crippen LogP contribution in [-0.4, -0.2) is 28.0 Å². The second-order valence-electron chi connectivity index (χ2n) is 6.81. The zero-order chi connectivity index (χ0) is 19.7. The lowest BCUT2D eigenvalue weighted by molar-refractivity contribution is -0.113. The second kappa shape index (κ2) is 7.72. The average molecular weight is 394 g/mol. The molecule has 6 heteroatoms. The smallest absolute Gasteiger partial charge is 0.235 e. The molecule has 2 aromatic carbocycles. The van der Waals surface area contributed by atoms with Crippen molar-refractivity contribution in [1.29, 1.82) is 0 Å². The predicted molar refractivity (Wildman–Crippen MR) is 114 cm³/mol. The molecule has 1 aliphatic rings. The topological polar surface area (TPSA) is 56.1 Å². The quantitative estimate of drug-likeness (QED) is 0.700. The molecule has 1 aliphatic heterocycles. The Hall–Kier alpha value is -2.73. The van der Waals surface area contributed by atoms with E-state index >= 15 is 0 Å². The fourth-order valence-electron chi connectivity index (χ4n) is 3.56. The molecule has 0 saturated heterocycles. The summed E-state index contributed by atoms with van der Waals surface area (Å²) in [5.41, 5.74) is 5.09. The number of anilines is 1. The van der Waals surface area contributed by atoms with E-state index in [2.05, 4.69) is 17.4 Å². The van der Waals surface area contributed by atoms with Crippen molar-refractivity contribution in [2.45, 2.75) is 26.0 Å². The van der Waals surface area contributed by atoms with Gasteiger partial charge in [0.05, 0.1) is 29.0 Å². The molecule has 0 fully saturated rings. The lowest BCUT2D eigenvalue weighted by Crippen LogP contribution is -2.15. The van der Waals surface area contributed by atoms with E-state index in [4.69, 9.17) is 9.84 Å². The molecule has 0 saturated carbocycles. The molecule has 5 nitrogen and oxygen atoms in total. The number of carbonyl (C=O) groups excluding carboxylic acids is 1. The molecular weight excluding hydrogens is 370 g/mol. The van der Waals surface area contributed by atoms with Crippen LogP contribution in [0.5, 0.6) is 5.75 Å². The maximum Gasteiger partial charge on any atom is 0.235 e. The molecule has 1 N–H and O–H groups in total. The summed E-state index contributed by atoms with van der Waals surface area (Å²) < 4.78 is 7.72. The molecule has 0 spiro atoms. The number of rotatable bonds is 4. The highest BCUT2D eigenvalue weighted by atomic mass is 32.2. The molecule has 28 heavy (non-hydrogen) atoms. The van der Waals surface area contributed by atoms with Gasteiger partial charge in [0, 0.05) is 11.1 Å². The lowest BCUT2D eigenvalue weighted by Gasteiger charge is -2.19. The zero-order valence-corrected chi connectivity index (χ0v) is 17.0. The van der Waals surface area contributed by atoms with Crippen LogP contribution in [0.2, 0.25) is 0 Å². The van der Waals surface area contributed by atoms with Crippen molar-refractivity contribution in [2.24, 2.45) is 0 Å². The molecular formula is C22H23N3O2S.